The Kier molecular flexibility index (Phi) is 6.94. The van der Waals surface area contributed by atoms with E-state index in [-0.39, 0.29) is 30.1 Å². The molecule has 6 heteroatoms. The highest BCUT2D eigenvalue weighted by atomic mass is 35.5. The van der Waals surface area contributed by atoms with Crippen LogP contribution in [0, 0.1) is 11.3 Å². The maximum absolute atomic E-state index is 12.6. The van der Waals surface area contributed by atoms with Gasteiger partial charge in [-0.15, -0.1) is 12.4 Å². The lowest BCUT2D eigenvalue weighted by molar-refractivity contribution is 0.0706. The number of nitrogen functional groups attached to an aromatic ring is 1. The molecule has 140 valence electrons. The Balaban J connectivity index is 0.00000261. The largest absolute Gasteiger partial charge is 0.384 e. The molecule has 1 amide bonds. The summed E-state index contributed by atoms with van der Waals surface area (Å²) in [5.41, 5.74) is 8.84. The molecule has 0 spiro atoms. The molecule has 2 aromatic rings. The van der Waals surface area contributed by atoms with E-state index in [0.29, 0.717) is 24.2 Å². The minimum atomic E-state index is 0. The molecule has 2 aromatic carbocycles. The Labute approximate surface area is 164 Å². The zero-order valence-electron chi connectivity index (χ0n) is 14.9. The number of nitrogens with one attached hydrogen (secondary N) is 1. The zero-order valence-corrected chi connectivity index (χ0v) is 15.7. The lowest BCUT2D eigenvalue weighted by Crippen LogP contribution is -2.38. The van der Waals surface area contributed by atoms with Gasteiger partial charge in [-0.25, -0.2) is 4.79 Å². The van der Waals surface area contributed by atoms with E-state index < -0.39 is 0 Å². The first-order valence-electron chi connectivity index (χ1n) is 8.63. The molecule has 5 nitrogen and oxygen atoms in total. The van der Waals surface area contributed by atoms with Crippen molar-refractivity contribution in [3.63, 3.8) is 0 Å². The maximum atomic E-state index is 12.6. The van der Waals surface area contributed by atoms with Crippen LogP contribution in [0.25, 0.3) is 11.1 Å². The molecule has 1 saturated heterocycles. The Morgan fingerprint density at radius 2 is 1.48 bits per heavy atom. The number of benzene rings is 2. The van der Waals surface area contributed by atoms with Crippen molar-refractivity contribution in [2.45, 2.75) is 12.8 Å². The van der Waals surface area contributed by atoms with Gasteiger partial charge in [-0.05, 0) is 42.0 Å². The van der Waals surface area contributed by atoms with Crippen LogP contribution in [0.4, 0.5) is 0 Å². The highest BCUT2D eigenvalue weighted by molar-refractivity contribution is 5.96. The maximum Gasteiger partial charge on any atom is 0.253 e. The SMILES string of the molecule is Cl.N=C(N)c1ccc(-c2ccc(C(=O)N3CCC(C=C=O)CC3)cc2)cc1. The molecule has 1 aliphatic heterocycles. The summed E-state index contributed by atoms with van der Waals surface area (Å²) >= 11 is 0. The molecule has 1 aliphatic rings. The van der Waals surface area contributed by atoms with Gasteiger partial charge in [-0.1, -0.05) is 36.4 Å². The Hall–Kier alpha value is -2.88. The lowest BCUT2D eigenvalue weighted by atomic mass is 9.96. The van der Waals surface area contributed by atoms with Crippen molar-refractivity contribution >= 4 is 30.1 Å². The fraction of sp³-hybridized carbons (Fsp3) is 0.238. The number of amidine groups is 1. The minimum absolute atomic E-state index is 0. The normalized spacial score (nSPS) is 14.0. The van der Waals surface area contributed by atoms with Crippen LogP contribution in [0.1, 0.15) is 28.8 Å². The number of nitrogens with two attached hydrogens (primary N) is 1. The van der Waals surface area contributed by atoms with Crippen LogP contribution in [0.15, 0.2) is 54.6 Å². The summed E-state index contributed by atoms with van der Waals surface area (Å²) in [6.07, 6.45) is 3.18. The smallest absolute Gasteiger partial charge is 0.253 e. The van der Waals surface area contributed by atoms with Gasteiger partial charge in [0.1, 0.15) is 11.8 Å². The summed E-state index contributed by atoms with van der Waals surface area (Å²) in [6.45, 7) is 1.33. The monoisotopic (exact) mass is 383 g/mol. The highest BCUT2D eigenvalue weighted by Crippen LogP contribution is 2.23. The summed E-state index contributed by atoms with van der Waals surface area (Å²) in [4.78, 5) is 24.9. The number of allylic oxidation sites excluding steroid dienone is 1. The van der Waals surface area contributed by atoms with Crippen LogP contribution in [0.3, 0.4) is 0 Å². The van der Waals surface area contributed by atoms with E-state index in [0.717, 1.165) is 24.0 Å². The third kappa shape index (κ3) is 4.85. The third-order valence-electron chi connectivity index (χ3n) is 4.79. The number of carbonyl (C=O) groups excluding carboxylic acids is 2. The van der Waals surface area contributed by atoms with Gasteiger partial charge in [-0.2, -0.15) is 0 Å². The predicted octanol–water partition coefficient (Wildman–Crippen LogP) is 3.30. The number of hydrogen-bond donors (Lipinski definition) is 2. The fourth-order valence-corrected chi connectivity index (χ4v) is 3.20. The Morgan fingerprint density at radius 3 is 1.93 bits per heavy atom. The summed E-state index contributed by atoms with van der Waals surface area (Å²) in [7, 11) is 0. The summed E-state index contributed by atoms with van der Waals surface area (Å²) in [5.74, 6) is 2.15. The number of piperidine rings is 1. The number of amides is 1. The van der Waals surface area contributed by atoms with Gasteiger partial charge in [0.2, 0.25) is 0 Å². The van der Waals surface area contributed by atoms with Crippen molar-refractivity contribution in [3.05, 3.63) is 65.7 Å². The van der Waals surface area contributed by atoms with Crippen LogP contribution in [0.2, 0.25) is 0 Å². The zero-order chi connectivity index (χ0) is 18.5. The highest BCUT2D eigenvalue weighted by Gasteiger charge is 2.22. The van der Waals surface area contributed by atoms with Gasteiger partial charge in [0.25, 0.3) is 5.91 Å². The molecule has 3 rings (SSSR count). The average Bonchev–Trinajstić information content (AvgIpc) is 2.68. The summed E-state index contributed by atoms with van der Waals surface area (Å²) in [6, 6.07) is 15.0. The molecule has 0 bridgehead atoms. The average molecular weight is 384 g/mol. The van der Waals surface area contributed by atoms with Crippen molar-refractivity contribution in [3.8, 4) is 11.1 Å². The number of halogens is 1. The van der Waals surface area contributed by atoms with Crippen LogP contribution >= 0.6 is 12.4 Å². The quantitative estimate of drug-likeness (QED) is 0.482. The molecular formula is C21H22ClN3O2. The van der Waals surface area contributed by atoms with E-state index in [1.165, 1.54) is 0 Å². The molecule has 0 saturated carbocycles. The van der Waals surface area contributed by atoms with E-state index in [2.05, 4.69) is 0 Å². The molecule has 0 aliphatic carbocycles. The molecular weight excluding hydrogens is 362 g/mol. The van der Waals surface area contributed by atoms with Gasteiger partial charge < -0.3 is 10.6 Å². The number of carbonyl (C=O) groups is 1. The standard InChI is InChI=1S/C21H21N3O2.ClH/c22-20(23)18-5-1-16(2-6-18)17-3-7-19(8-4-17)21(26)24-12-9-15(10-13-24)11-14-25;/h1-8,11,15H,9-10,12-13H2,(H3,22,23);1H. The lowest BCUT2D eigenvalue weighted by Gasteiger charge is -2.30. The third-order valence-corrected chi connectivity index (χ3v) is 4.79. The number of likely N-dealkylation sites (tertiary alicyclic amines) is 1. The Morgan fingerprint density at radius 1 is 1.00 bits per heavy atom. The van der Waals surface area contributed by atoms with Crippen molar-refractivity contribution in [2.75, 3.05) is 13.1 Å². The predicted molar refractivity (Wildman–Crippen MR) is 109 cm³/mol. The molecule has 27 heavy (non-hydrogen) atoms. The summed E-state index contributed by atoms with van der Waals surface area (Å²) in [5, 5.41) is 7.43. The van der Waals surface area contributed by atoms with Crippen molar-refractivity contribution in [1.29, 1.82) is 5.41 Å². The van der Waals surface area contributed by atoms with Gasteiger partial charge in [0.15, 0.2) is 0 Å². The van der Waals surface area contributed by atoms with Crippen molar-refractivity contribution in [1.82, 2.24) is 4.90 Å². The number of nitrogens with zero attached hydrogens (tertiary/aromatic N) is 1. The van der Waals surface area contributed by atoms with E-state index in [1.807, 2.05) is 59.4 Å². The molecule has 3 N–H and O–H groups in total. The van der Waals surface area contributed by atoms with Gasteiger partial charge in [-0.3, -0.25) is 10.2 Å². The van der Waals surface area contributed by atoms with Crippen molar-refractivity contribution in [2.24, 2.45) is 11.7 Å². The first-order valence-corrected chi connectivity index (χ1v) is 8.63. The minimum Gasteiger partial charge on any atom is -0.384 e. The molecule has 0 atom stereocenters. The van der Waals surface area contributed by atoms with E-state index in [4.69, 9.17) is 11.1 Å². The van der Waals surface area contributed by atoms with Gasteiger partial charge in [0, 0.05) is 30.3 Å². The van der Waals surface area contributed by atoms with E-state index >= 15 is 0 Å². The second-order valence-electron chi connectivity index (χ2n) is 6.48. The second-order valence-corrected chi connectivity index (χ2v) is 6.48. The first-order chi connectivity index (χ1) is 12.6. The molecule has 0 aromatic heterocycles. The van der Waals surface area contributed by atoms with Crippen LogP contribution < -0.4 is 5.73 Å². The molecule has 0 radical (unpaired) electrons. The fourth-order valence-electron chi connectivity index (χ4n) is 3.20. The Bertz CT molecular complexity index is 848. The van der Waals surface area contributed by atoms with Crippen LogP contribution in [-0.2, 0) is 4.79 Å². The molecule has 0 unspecified atom stereocenters. The van der Waals surface area contributed by atoms with Crippen LogP contribution in [-0.4, -0.2) is 35.7 Å². The van der Waals surface area contributed by atoms with Crippen LogP contribution in [0.5, 0.6) is 0 Å². The van der Waals surface area contributed by atoms with E-state index in [1.54, 1.807) is 6.08 Å². The second kappa shape index (κ2) is 9.17. The first kappa shape index (κ1) is 20.4. The summed E-state index contributed by atoms with van der Waals surface area (Å²) < 4.78 is 0. The number of rotatable bonds is 4. The molecule has 1 fully saturated rings. The number of hydrogen-bond acceptors (Lipinski definition) is 3. The van der Waals surface area contributed by atoms with E-state index in [9.17, 15) is 9.59 Å². The van der Waals surface area contributed by atoms with Gasteiger partial charge >= 0.3 is 0 Å². The van der Waals surface area contributed by atoms with Gasteiger partial charge in [0.05, 0.1) is 0 Å². The molecule has 1 heterocycles. The van der Waals surface area contributed by atoms with Crippen molar-refractivity contribution < 1.29 is 9.59 Å². The topological polar surface area (TPSA) is 87.2 Å².